The molecule has 0 aliphatic heterocycles. The number of imidazole rings is 1. The molecular formula is C18H18ClFN3O2+. The summed E-state index contributed by atoms with van der Waals surface area (Å²) in [4.78, 5) is 10.7. The van der Waals surface area contributed by atoms with Crippen molar-refractivity contribution in [3.8, 4) is 0 Å². The van der Waals surface area contributed by atoms with Gasteiger partial charge in [0.1, 0.15) is 12.4 Å². The topological polar surface area (TPSA) is 52.0 Å². The Labute approximate surface area is 149 Å². The van der Waals surface area contributed by atoms with Crippen LogP contribution in [0.5, 0.6) is 0 Å². The third-order valence-corrected chi connectivity index (χ3v) is 4.71. The van der Waals surface area contributed by atoms with E-state index in [4.69, 9.17) is 11.6 Å². The van der Waals surface area contributed by atoms with Gasteiger partial charge in [-0.2, -0.15) is 0 Å². The number of aromatic nitrogens is 2. The van der Waals surface area contributed by atoms with Crippen molar-refractivity contribution in [2.24, 2.45) is 0 Å². The lowest BCUT2D eigenvalue weighted by Gasteiger charge is -2.05. The molecule has 0 bridgehead atoms. The summed E-state index contributed by atoms with van der Waals surface area (Å²) in [6, 6.07) is 9.34. The summed E-state index contributed by atoms with van der Waals surface area (Å²) < 4.78 is 18.2. The first-order chi connectivity index (χ1) is 11.9. The van der Waals surface area contributed by atoms with Crippen LogP contribution in [0.2, 0.25) is 5.02 Å². The lowest BCUT2D eigenvalue weighted by Crippen LogP contribution is -2.36. The van der Waals surface area contributed by atoms with Gasteiger partial charge in [0.25, 0.3) is 11.5 Å². The molecule has 0 atom stereocenters. The Kier molecular flexibility index (Phi) is 4.72. The van der Waals surface area contributed by atoms with Crippen molar-refractivity contribution in [2.75, 3.05) is 0 Å². The highest BCUT2D eigenvalue weighted by molar-refractivity contribution is 6.31. The van der Waals surface area contributed by atoms with E-state index < -0.39 is 4.92 Å². The number of nitro benzene ring substituents is 1. The maximum Gasteiger partial charge on any atom is 0.273 e. The maximum absolute atomic E-state index is 14.2. The standard InChI is InChI=1S/C18H18ClFN3O2/c1-3-9-21-12(2)22(11-14-15(19)5-4-6-16(14)20)18-10-13(23(24)25)7-8-17(18)21/h4-8,10H,3,9,11H2,1-2H3/q+1. The number of benzene rings is 2. The number of non-ortho nitro benzene ring substituents is 1. The van der Waals surface area contributed by atoms with E-state index in [0.29, 0.717) is 16.1 Å². The van der Waals surface area contributed by atoms with E-state index in [1.807, 2.05) is 11.5 Å². The van der Waals surface area contributed by atoms with Gasteiger partial charge in [0.2, 0.25) is 0 Å². The Morgan fingerprint density at radius 3 is 2.72 bits per heavy atom. The van der Waals surface area contributed by atoms with Crippen molar-refractivity contribution in [3.05, 3.63) is 68.7 Å². The smallest absolute Gasteiger partial charge is 0.258 e. The Balaban J connectivity index is 2.23. The Bertz CT molecular complexity index is 948. The molecule has 1 aromatic heterocycles. The van der Waals surface area contributed by atoms with Crippen molar-refractivity contribution in [1.82, 2.24) is 4.57 Å². The summed E-state index contributed by atoms with van der Waals surface area (Å²) in [5, 5.41) is 11.5. The molecule has 3 aromatic rings. The predicted octanol–water partition coefficient (Wildman–Crippen LogP) is 4.40. The summed E-state index contributed by atoms with van der Waals surface area (Å²) in [6.45, 7) is 4.98. The monoisotopic (exact) mass is 362 g/mol. The molecule has 0 aliphatic rings. The third-order valence-electron chi connectivity index (χ3n) is 4.36. The van der Waals surface area contributed by atoms with Crippen molar-refractivity contribution in [3.63, 3.8) is 0 Å². The van der Waals surface area contributed by atoms with Crippen LogP contribution in [0.1, 0.15) is 24.7 Å². The second-order valence-corrected chi connectivity index (χ2v) is 6.32. The van der Waals surface area contributed by atoms with E-state index in [2.05, 4.69) is 11.5 Å². The molecule has 0 spiro atoms. The number of hydrogen-bond acceptors (Lipinski definition) is 2. The molecule has 25 heavy (non-hydrogen) atoms. The summed E-state index contributed by atoms with van der Waals surface area (Å²) in [6.07, 6.45) is 0.919. The molecule has 3 rings (SSSR count). The minimum Gasteiger partial charge on any atom is -0.258 e. The first-order valence-corrected chi connectivity index (χ1v) is 8.41. The van der Waals surface area contributed by atoms with Crippen molar-refractivity contribution >= 4 is 28.3 Å². The van der Waals surface area contributed by atoms with E-state index in [9.17, 15) is 14.5 Å². The van der Waals surface area contributed by atoms with Gasteiger partial charge in [-0.15, -0.1) is 0 Å². The molecule has 2 aromatic carbocycles. The fourth-order valence-corrected chi connectivity index (χ4v) is 3.33. The van der Waals surface area contributed by atoms with Gasteiger partial charge in [-0.25, -0.2) is 13.5 Å². The molecule has 0 saturated carbocycles. The molecule has 130 valence electrons. The highest BCUT2D eigenvalue weighted by atomic mass is 35.5. The molecule has 0 aliphatic carbocycles. The largest absolute Gasteiger partial charge is 0.273 e. The zero-order chi connectivity index (χ0) is 18.1. The Hall–Kier alpha value is -2.47. The van der Waals surface area contributed by atoms with Crippen molar-refractivity contribution in [2.45, 2.75) is 33.4 Å². The average molecular weight is 363 g/mol. The first-order valence-electron chi connectivity index (χ1n) is 8.04. The van der Waals surface area contributed by atoms with Crippen LogP contribution in [0, 0.1) is 22.9 Å². The van der Waals surface area contributed by atoms with Crippen LogP contribution in [0.4, 0.5) is 10.1 Å². The van der Waals surface area contributed by atoms with Crippen molar-refractivity contribution < 1.29 is 13.9 Å². The third kappa shape index (κ3) is 3.09. The lowest BCUT2D eigenvalue weighted by molar-refractivity contribution is -0.678. The Morgan fingerprint density at radius 2 is 2.08 bits per heavy atom. The van der Waals surface area contributed by atoms with Crippen LogP contribution < -0.4 is 4.57 Å². The number of aryl methyl sites for hydroxylation is 1. The van der Waals surface area contributed by atoms with E-state index >= 15 is 0 Å². The second kappa shape index (κ2) is 6.80. The van der Waals surface area contributed by atoms with Gasteiger partial charge >= 0.3 is 0 Å². The minimum atomic E-state index is -0.424. The van der Waals surface area contributed by atoms with Gasteiger partial charge in [-0.1, -0.05) is 24.6 Å². The van der Waals surface area contributed by atoms with Crippen LogP contribution in [0.25, 0.3) is 11.0 Å². The quantitative estimate of drug-likeness (QED) is 0.384. The zero-order valence-corrected chi connectivity index (χ0v) is 14.8. The van der Waals surface area contributed by atoms with E-state index in [0.717, 1.165) is 24.3 Å². The van der Waals surface area contributed by atoms with Gasteiger partial charge in [-0.05, 0) is 24.6 Å². The van der Waals surface area contributed by atoms with Gasteiger partial charge in [0, 0.05) is 18.6 Å². The van der Waals surface area contributed by atoms with Crippen LogP contribution in [0.15, 0.2) is 36.4 Å². The summed E-state index contributed by atoms with van der Waals surface area (Å²) in [5.41, 5.74) is 1.96. The first kappa shape index (κ1) is 17.4. The van der Waals surface area contributed by atoms with Crippen LogP contribution >= 0.6 is 11.6 Å². The number of fused-ring (bicyclic) bond motifs is 1. The lowest BCUT2D eigenvalue weighted by atomic mass is 10.2. The highest BCUT2D eigenvalue weighted by Gasteiger charge is 2.25. The molecule has 5 nitrogen and oxygen atoms in total. The molecular weight excluding hydrogens is 345 g/mol. The summed E-state index contributed by atoms with van der Waals surface area (Å²) in [5.74, 6) is 0.512. The fraction of sp³-hybridized carbons (Fsp3) is 0.278. The molecule has 0 amide bonds. The fourth-order valence-electron chi connectivity index (χ4n) is 3.11. The molecule has 0 fully saturated rings. The van der Waals surface area contributed by atoms with Gasteiger partial charge < -0.3 is 0 Å². The molecule has 1 heterocycles. The van der Waals surface area contributed by atoms with Gasteiger partial charge in [-0.3, -0.25) is 10.1 Å². The number of rotatable bonds is 5. The number of halogens is 2. The van der Waals surface area contributed by atoms with Gasteiger partial charge in [0.15, 0.2) is 11.0 Å². The normalized spacial score (nSPS) is 11.2. The number of hydrogen-bond donors (Lipinski definition) is 0. The second-order valence-electron chi connectivity index (χ2n) is 5.92. The van der Waals surface area contributed by atoms with E-state index in [1.54, 1.807) is 18.2 Å². The average Bonchev–Trinajstić information content (AvgIpc) is 2.83. The van der Waals surface area contributed by atoms with Gasteiger partial charge in [0.05, 0.1) is 22.6 Å². The van der Waals surface area contributed by atoms with Crippen LogP contribution in [-0.4, -0.2) is 9.49 Å². The molecule has 0 N–H and O–H groups in total. The van der Waals surface area contributed by atoms with E-state index in [-0.39, 0.29) is 18.0 Å². The summed E-state index contributed by atoms with van der Waals surface area (Å²) >= 11 is 6.16. The SMILES string of the molecule is CCC[n+]1c(C)n(Cc2c(F)cccc2Cl)c2cc([N+](=O)[O-])ccc21. The highest BCUT2D eigenvalue weighted by Crippen LogP contribution is 2.25. The minimum absolute atomic E-state index is 0.00882. The predicted molar refractivity (Wildman–Crippen MR) is 94.3 cm³/mol. The molecule has 7 heteroatoms. The number of nitrogens with zero attached hydrogens (tertiary/aromatic N) is 3. The van der Waals surface area contributed by atoms with Crippen molar-refractivity contribution in [1.29, 1.82) is 0 Å². The van der Waals surface area contributed by atoms with Crippen LogP contribution in [0.3, 0.4) is 0 Å². The molecule has 0 radical (unpaired) electrons. The molecule has 0 unspecified atom stereocenters. The van der Waals surface area contributed by atoms with Crippen LogP contribution in [-0.2, 0) is 13.1 Å². The Morgan fingerprint density at radius 1 is 1.32 bits per heavy atom. The molecule has 0 saturated heterocycles. The number of nitro groups is 1. The zero-order valence-electron chi connectivity index (χ0n) is 14.0. The summed E-state index contributed by atoms with van der Waals surface area (Å²) in [7, 11) is 0. The maximum atomic E-state index is 14.2. The van der Waals surface area contributed by atoms with E-state index in [1.165, 1.54) is 18.2 Å².